The number of carbonyl (C=O) groups is 2. The van der Waals surface area contributed by atoms with E-state index in [2.05, 4.69) is 15.6 Å². The van der Waals surface area contributed by atoms with E-state index < -0.39 is 11.7 Å². The Bertz CT molecular complexity index is 1030. The highest BCUT2D eigenvalue weighted by Crippen LogP contribution is 2.31. The first-order valence-corrected chi connectivity index (χ1v) is 9.38. The Morgan fingerprint density at radius 3 is 2.31 bits per heavy atom. The van der Waals surface area contributed by atoms with Gasteiger partial charge in [0.1, 0.15) is 5.01 Å². The van der Waals surface area contributed by atoms with Crippen molar-refractivity contribution in [2.75, 3.05) is 10.6 Å². The SMILES string of the molecule is CC(=O)Nc1cccc(NC(=O)Cc2csc(-c3ccc(C(F)(F)F)cc3)n2)c1. The van der Waals surface area contributed by atoms with Crippen molar-refractivity contribution in [2.45, 2.75) is 19.5 Å². The van der Waals surface area contributed by atoms with Crippen LogP contribution in [-0.2, 0) is 22.2 Å². The van der Waals surface area contributed by atoms with Crippen LogP contribution in [0.5, 0.6) is 0 Å². The number of carbonyl (C=O) groups excluding carboxylic acids is 2. The first-order chi connectivity index (χ1) is 13.7. The maximum Gasteiger partial charge on any atom is 0.416 e. The standard InChI is InChI=1S/C20H16F3N3O2S/c1-12(27)24-15-3-2-4-16(9-15)25-18(28)10-17-11-29-19(26-17)13-5-7-14(8-6-13)20(21,22)23/h2-9,11H,10H2,1H3,(H,24,27)(H,25,28). The molecule has 3 rings (SSSR count). The molecule has 0 aliphatic heterocycles. The minimum Gasteiger partial charge on any atom is -0.326 e. The van der Waals surface area contributed by atoms with Crippen molar-refractivity contribution < 1.29 is 22.8 Å². The fourth-order valence-corrected chi connectivity index (χ4v) is 3.40. The monoisotopic (exact) mass is 419 g/mol. The molecule has 0 bridgehead atoms. The molecule has 0 fully saturated rings. The van der Waals surface area contributed by atoms with Crippen molar-refractivity contribution in [3.8, 4) is 10.6 Å². The van der Waals surface area contributed by atoms with Crippen molar-refractivity contribution >= 4 is 34.5 Å². The summed E-state index contributed by atoms with van der Waals surface area (Å²) >= 11 is 1.25. The molecule has 0 aliphatic carbocycles. The molecule has 1 heterocycles. The molecule has 29 heavy (non-hydrogen) atoms. The van der Waals surface area contributed by atoms with Gasteiger partial charge >= 0.3 is 6.18 Å². The summed E-state index contributed by atoms with van der Waals surface area (Å²) in [6.45, 7) is 1.39. The van der Waals surface area contributed by atoms with Gasteiger partial charge in [-0.2, -0.15) is 13.2 Å². The molecule has 0 saturated carbocycles. The number of hydrogen-bond acceptors (Lipinski definition) is 4. The molecule has 9 heteroatoms. The summed E-state index contributed by atoms with van der Waals surface area (Å²) in [7, 11) is 0. The van der Waals surface area contributed by atoms with E-state index in [1.54, 1.807) is 29.6 Å². The van der Waals surface area contributed by atoms with Crippen LogP contribution >= 0.6 is 11.3 Å². The Hall–Kier alpha value is -3.20. The van der Waals surface area contributed by atoms with Gasteiger partial charge in [-0.25, -0.2) is 4.98 Å². The van der Waals surface area contributed by atoms with Gasteiger partial charge < -0.3 is 10.6 Å². The van der Waals surface area contributed by atoms with Gasteiger partial charge in [-0.05, 0) is 30.3 Å². The zero-order valence-electron chi connectivity index (χ0n) is 15.2. The normalized spacial score (nSPS) is 11.2. The van der Waals surface area contributed by atoms with Gasteiger partial charge in [0.15, 0.2) is 0 Å². The van der Waals surface area contributed by atoms with Crippen LogP contribution in [0.4, 0.5) is 24.5 Å². The molecule has 2 amide bonds. The number of amides is 2. The first kappa shape index (κ1) is 20.5. The van der Waals surface area contributed by atoms with Gasteiger partial charge in [-0.15, -0.1) is 11.3 Å². The molecule has 0 unspecified atom stereocenters. The van der Waals surface area contributed by atoms with Crippen LogP contribution in [0, 0.1) is 0 Å². The molecule has 5 nitrogen and oxygen atoms in total. The Kier molecular flexibility index (Phi) is 5.97. The van der Waals surface area contributed by atoms with Crippen LogP contribution in [0.3, 0.4) is 0 Å². The molecule has 0 spiro atoms. The van der Waals surface area contributed by atoms with E-state index in [4.69, 9.17) is 0 Å². The minimum atomic E-state index is -4.39. The lowest BCUT2D eigenvalue weighted by Gasteiger charge is -2.07. The number of thiazole rings is 1. The van der Waals surface area contributed by atoms with Crippen molar-refractivity contribution in [2.24, 2.45) is 0 Å². The largest absolute Gasteiger partial charge is 0.416 e. The summed E-state index contributed by atoms with van der Waals surface area (Å²) in [6, 6.07) is 11.5. The van der Waals surface area contributed by atoms with E-state index >= 15 is 0 Å². The van der Waals surface area contributed by atoms with Crippen molar-refractivity contribution in [1.82, 2.24) is 4.98 Å². The first-order valence-electron chi connectivity index (χ1n) is 8.50. The third-order valence-electron chi connectivity index (χ3n) is 3.82. The molecule has 2 N–H and O–H groups in total. The number of hydrogen-bond donors (Lipinski definition) is 2. The molecule has 1 aromatic heterocycles. The van der Waals surface area contributed by atoms with E-state index in [0.717, 1.165) is 12.1 Å². The average molecular weight is 419 g/mol. The molecule has 2 aromatic carbocycles. The third kappa shape index (κ3) is 5.64. The maximum atomic E-state index is 12.7. The van der Waals surface area contributed by atoms with Crippen molar-refractivity contribution in [3.05, 3.63) is 65.2 Å². The smallest absolute Gasteiger partial charge is 0.326 e. The van der Waals surface area contributed by atoms with E-state index in [-0.39, 0.29) is 18.2 Å². The number of alkyl halides is 3. The summed E-state index contributed by atoms with van der Waals surface area (Å²) in [4.78, 5) is 27.7. The second kappa shape index (κ2) is 8.44. The predicted molar refractivity (Wildman–Crippen MR) is 106 cm³/mol. The van der Waals surface area contributed by atoms with Gasteiger partial charge in [0, 0.05) is 29.2 Å². The Morgan fingerprint density at radius 1 is 1.03 bits per heavy atom. The Balaban J connectivity index is 1.64. The lowest BCUT2D eigenvalue weighted by molar-refractivity contribution is -0.137. The fraction of sp³-hybridized carbons (Fsp3) is 0.150. The molecule has 3 aromatic rings. The number of rotatable bonds is 5. The van der Waals surface area contributed by atoms with Gasteiger partial charge in [0.2, 0.25) is 11.8 Å². The summed E-state index contributed by atoms with van der Waals surface area (Å²) < 4.78 is 38.0. The van der Waals surface area contributed by atoms with Crippen LogP contribution in [-0.4, -0.2) is 16.8 Å². The molecule has 0 aliphatic rings. The van der Waals surface area contributed by atoms with Gasteiger partial charge in [0.05, 0.1) is 17.7 Å². The molecular weight excluding hydrogens is 403 g/mol. The summed E-state index contributed by atoms with van der Waals surface area (Å²) in [5.41, 5.74) is 1.44. The lowest BCUT2D eigenvalue weighted by Crippen LogP contribution is -2.15. The van der Waals surface area contributed by atoms with Gasteiger partial charge in [-0.3, -0.25) is 9.59 Å². The molecule has 0 atom stereocenters. The summed E-state index contributed by atoms with van der Waals surface area (Å²) in [5.74, 6) is -0.513. The highest BCUT2D eigenvalue weighted by atomic mass is 32.1. The second-order valence-corrected chi connectivity index (χ2v) is 7.06. The Labute approximate surface area is 168 Å². The van der Waals surface area contributed by atoms with E-state index in [9.17, 15) is 22.8 Å². The third-order valence-corrected chi connectivity index (χ3v) is 4.76. The maximum absolute atomic E-state index is 12.7. The Morgan fingerprint density at radius 2 is 1.69 bits per heavy atom. The highest BCUT2D eigenvalue weighted by Gasteiger charge is 2.30. The molecule has 0 radical (unpaired) electrons. The lowest BCUT2D eigenvalue weighted by atomic mass is 10.1. The predicted octanol–water partition coefficient (Wildman–Crippen LogP) is 4.97. The van der Waals surface area contributed by atoms with Gasteiger partial charge in [0.25, 0.3) is 0 Å². The van der Waals surface area contributed by atoms with Crippen molar-refractivity contribution in [3.63, 3.8) is 0 Å². The summed E-state index contributed by atoms with van der Waals surface area (Å²) in [5, 5.41) is 7.59. The van der Waals surface area contributed by atoms with Crippen LogP contribution in [0.1, 0.15) is 18.2 Å². The van der Waals surface area contributed by atoms with Crippen LogP contribution < -0.4 is 10.6 Å². The topological polar surface area (TPSA) is 71.1 Å². The quantitative estimate of drug-likeness (QED) is 0.614. The summed E-state index contributed by atoms with van der Waals surface area (Å²) in [6.07, 6.45) is -4.37. The molecular formula is C20H16F3N3O2S. The molecule has 0 saturated heterocycles. The highest BCUT2D eigenvalue weighted by molar-refractivity contribution is 7.13. The number of aromatic nitrogens is 1. The van der Waals surface area contributed by atoms with Crippen molar-refractivity contribution in [1.29, 1.82) is 0 Å². The van der Waals surface area contributed by atoms with Crippen LogP contribution in [0.15, 0.2) is 53.9 Å². The van der Waals surface area contributed by atoms with E-state index in [1.165, 1.54) is 30.4 Å². The van der Waals surface area contributed by atoms with E-state index in [0.29, 0.717) is 27.6 Å². The average Bonchev–Trinajstić information content (AvgIpc) is 3.09. The van der Waals surface area contributed by atoms with Crippen LogP contribution in [0.25, 0.3) is 10.6 Å². The zero-order chi connectivity index (χ0) is 21.0. The second-order valence-electron chi connectivity index (χ2n) is 6.21. The molecule has 150 valence electrons. The number of nitrogens with zero attached hydrogens (tertiary/aromatic N) is 1. The minimum absolute atomic E-state index is 0.0154. The number of benzene rings is 2. The number of anilines is 2. The number of halogens is 3. The fourth-order valence-electron chi connectivity index (χ4n) is 2.57. The van der Waals surface area contributed by atoms with Crippen LogP contribution in [0.2, 0.25) is 0 Å². The number of nitrogens with one attached hydrogen (secondary N) is 2. The van der Waals surface area contributed by atoms with E-state index in [1.807, 2.05) is 0 Å². The zero-order valence-corrected chi connectivity index (χ0v) is 16.0. The van der Waals surface area contributed by atoms with Gasteiger partial charge in [-0.1, -0.05) is 18.2 Å².